The molecule has 0 aliphatic carbocycles. The van der Waals surface area contributed by atoms with Crippen LogP contribution in [0.5, 0.6) is 0 Å². The van der Waals surface area contributed by atoms with Crippen molar-refractivity contribution in [1.29, 1.82) is 0 Å². The van der Waals surface area contributed by atoms with Crippen LogP contribution in [-0.2, 0) is 24.5 Å². The van der Waals surface area contributed by atoms with Crippen LogP contribution in [0.2, 0.25) is 0 Å². The molecule has 0 amide bonds. The summed E-state index contributed by atoms with van der Waals surface area (Å²) in [6.45, 7) is 10.3. The summed E-state index contributed by atoms with van der Waals surface area (Å²) in [5.41, 5.74) is 0.0953. The molecule has 0 bridgehead atoms. The Hall–Kier alpha value is -1.70. The molecule has 1 aromatic rings. The highest BCUT2D eigenvalue weighted by Crippen LogP contribution is 2.40. The van der Waals surface area contributed by atoms with Gasteiger partial charge in [0.1, 0.15) is 11.9 Å². The summed E-state index contributed by atoms with van der Waals surface area (Å²) in [6.07, 6.45) is 0.259. The number of fused-ring (bicyclic) bond motifs is 1. The van der Waals surface area contributed by atoms with Gasteiger partial charge in [-0.05, 0) is 44.3 Å². The Labute approximate surface area is 229 Å². The van der Waals surface area contributed by atoms with Crippen LogP contribution in [0.25, 0.3) is 6.08 Å². The maximum atomic E-state index is 13.2. The van der Waals surface area contributed by atoms with Crippen molar-refractivity contribution in [2.24, 2.45) is 22.4 Å². The highest BCUT2D eigenvalue weighted by molar-refractivity contribution is 7.87. The van der Waals surface area contributed by atoms with Crippen LogP contribution in [0, 0.1) is 24.2 Å². The van der Waals surface area contributed by atoms with Crippen molar-refractivity contribution in [3.8, 4) is 0 Å². The first-order valence-electron chi connectivity index (χ1n) is 13.1. The SMILES string of the molecule is C/C(=C\c1csc(C)n1)[C@@H]1C[C@H]2C(CCCC(C)[C@H](O)[C@@H](C)C(=O)C(C)(C)[C@@H](O)CC(=O)O1)N2S(N)(=O)=O. The summed E-state index contributed by atoms with van der Waals surface area (Å²) >= 11 is 1.48. The fourth-order valence-electron chi connectivity index (χ4n) is 5.42. The molecule has 2 aliphatic heterocycles. The van der Waals surface area contributed by atoms with E-state index in [2.05, 4.69) is 4.98 Å². The molecule has 10 nitrogen and oxygen atoms in total. The van der Waals surface area contributed by atoms with E-state index in [-0.39, 0.29) is 24.2 Å². The quantitative estimate of drug-likeness (QED) is 0.369. The summed E-state index contributed by atoms with van der Waals surface area (Å²) in [4.78, 5) is 30.7. The molecule has 4 N–H and O–H groups in total. The standard InChI is InChI=1S/C26H41N3O7S2/c1-14-8-7-9-19-20(29(19)38(27,34)35)11-21(15(2)10-18-13-37-17(4)28-18)36-23(31)12-22(30)26(5,6)25(33)16(3)24(14)32/h10,13-14,16,19-22,24,30,32H,7-9,11-12H2,1-6H3,(H2,27,34,35)/b15-10+/t14?,16-,19?,20+,21+,22+,24+,29?/m1/s1. The first-order valence-corrected chi connectivity index (χ1v) is 15.4. The van der Waals surface area contributed by atoms with Gasteiger partial charge >= 0.3 is 5.97 Å². The maximum Gasteiger partial charge on any atom is 0.309 e. The van der Waals surface area contributed by atoms with Crippen LogP contribution in [0.4, 0.5) is 0 Å². The van der Waals surface area contributed by atoms with Gasteiger partial charge in [-0.3, -0.25) is 9.59 Å². The zero-order chi connectivity index (χ0) is 28.6. The Balaban J connectivity index is 1.94. The van der Waals surface area contributed by atoms with E-state index in [9.17, 15) is 28.2 Å². The number of aromatic nitrogens is 1. The summed E-state index contributed by atoms with van der Waals surface area (Å²) in [7, 11) is -3.97. The van der Waals surface area contributed by atoms with Crippen molar-refractivity contribution in [2.45, 2.75) is 104 Å². The van der Waals surface area contributed by atoms with E-state index in [1.54, 1.807) is 33.8 Å². The van der Waals surface area contributed by atoms with Gasteiger partial charge in [0, 0.05) is 29.8 Å². The van der Waals surface area contributed by atoms with Crippen molar-refractivity contribution in [3.63, 3.8) is 0 Å². The van der Waals surface area contributed by atoms with Gasteiger partial charge in [-0.2, -0.15) is 12.7 Å². The molecule has 8 atom stereocenters. The Morgan fingerprint density at radius 3 is 2.47 bits per heavy atom. The van der Waals surface area contributed by atoms with E-state index >= 15 is 0 Å². The third kappa shape index (κ3) is 7.08. The molecule has 1 aromatic heterocycles. The van der Waals surface area contributed by atoms with Gasteiger partial charge in [0.15, 0.2) is 0 Å². The fraction of sp³-hybridized carbons (Fsp3) is 0.731. The Bertz CT molecular complexity index is 1160. The minimum Gasteiger partial charge on any atom is -0.458 e. The monoisotopic (exact) mass is 571 g/mol. The number of hydrogen-bond donors (Lipinski definition) is 3. The number of thiazole rings is 1. The molecule has 0 saturated carbocycles. The number of aryl methyl sites for hydroxylation is 1. The van der Waals surface area contributed by atoms with Gasteiger partial charge in [0.25, 0.3) is 10.2 Å². The van der Waals surface area contributed by atoms with Crippen LogP contribution < -0.4 is 5.14 Å². The number of rotatable bonds is 3. The second-order valence-corrected chi connectivity index (χ2v) is 13.9. The maximum absolute atomic E-state index is 13.2. The molecule has 2 aliphatic rings. The molecular formula is C26H41N3O7S2. The second-order valence-electron chi connectivity index (χ2n) is 11.4. The lowest BCUT2D eigenvalue weighted by molar-refractivity contribution is -0.154. The van der Waals surface area contributed by atoms with Crippen molar-refractivity contribution in [1.82, 2.24) is 9.29 Å². The number of carbonyl (C=O) groups excluding carboxylic acids is 2. The van der Waals surface area contributed by atoms with Gasteiger partial charge in [-0.25, -0.2) is 10.1 Å². The van der Waals surface area contributed by atoms with Crippen LogP contribution >= 0.6 is 11.3 Å². The predicted octanol–water partition coefficient (Wildman–Crippen LogP) is 2.58. The molecule has 3 heterocycles. The molecule has 214 valence electrons. The van der Waals surface area contributed by atoms with E-state index in [0.717, 1.165) is 5.01 Å². The lowest BCUT2D eigenvalue weighted by Crippen LogP contribution is -2.45. The van der Waals surface area contributed by atoms with Crippen LogP contribution in [0.3, 0.4) is 0 Å². The van der Waals surface area contributed by atoms with E-state index in [0.29, 0.717) is 30.5 Å². The first kappa shape index (κ1) is 30.8. The average molecular weight is 572 g/mol. The van der Waals surface area contributed by atoms with Gasteiger partial charge < -0.3 is 14.9 Å². The molecule has 38 heavy (non-hydrogen) atoms. The van der Waals surface area contributed by atoms with E-state index < -0.39 is 58.3 Å². The third-order valence-electron chi connectivity index (χ3n) is 8.05. The second kappa shape index (κ2) is 11.8. The van der Waals surface area contributed by atoms with Crippen molar-refractivity contribution >= 4 is 39.4 Å². The lowest BCUT2D eigenvalue weighted by atomic mass is 9.73. The zero-order valence-corrected chi connectivity index (χ0v) is 24.6. The van der Waals surface area contributed by atoms with Crippen LogP contribution in [-0.4, -0.2) is 70.1 Å². The van der Waals surface area contributed by atoms with Gasteiger partial charge in [-0.15, -0.1) is 11.3 Å². The van der Waals surface area contributed by atoms with Crippen molar-refractivity contribution < 1.29 is 33.0 Å². The largest absolute Gasteiger partial charge is 0.458 e. The molecule has 3 rings (SSSR count). The summed E-state index contributed by atoms with van der Waals surface area (Å²) in [5.74, 6) is -2.02. The molecule has 2 saturated heterocycles. The summed E-state index contributed by atoms with van der Waals surface area (Å²) in [5, 5.41) is 30.0. The number of aliphatic hydroxyl groups is 2. The van der Waals surface area contributed by atoms with E-state index in [4.69, 9.17) is 9.88 Å². The molecule has 0 spiro atoms. The number of nitrogens with two attached hydrogens (primary N) is 1. The molecule has 0 radical (unpaired) electrons. The number of carbonyl (C=O) groups is 2. The summed E-state index contributed by atoms with van der Waals surface area (Å²) < 4.78 is 31.6. The van der Waals surface area contributed by atoms with Gasteiger partial charge in [0.05, 0.1) is 34.7 Å². The number of nitrogens with zero attached hydrogens (tertiary/aromatic N) is 2. The van der Waals surface area contributed by atoms with E-state index in [1.165, 1.54) is 15.6 Å². The Kier molecular flexibility index (Phi) is 9.58. The van der Waals surface area contributed by atoms with Gasteiger partial charge in [0.2, 0.25) is 0 Å². The average Bonchev–Trinajstić information content (AvgIpc) is 3.36. The number of aliphatic hydroxyl groups excluding tert-OH is 2. The molecule has 2 fully saturated rings. The van der Waals surface area contributed by atoms with E-state index in [1.807, 2.05) is 19.2 Å². The number of ether oxygens (including phenoxy) is 1. The number of Topliss-reactive ketones (excluding diaryl/α,β-unsaturated/α-hetero) is 1. The molecule has 12 heteroatoms. The normalized spacial score (nSPS) is 35.9. The minimum absolute atomic E-state index is 0.200. The summed E-state index contributed by atoms with van der Waals surface area (Å²) in [6, 6.07) is -0.792. The lowest BCUT2D eigenvalue weighted by Gasteiger charge is -2.34. The number of esters is 1. The molecular weight excluding hydrogens is 530 g/mol. The van der Waals surface area contributed by atoms with Crippen LogP contribution in [0.15, 0.2) is 11.0 Å². The number of hydrogen-bond acceptors (Lipinski definition) is 9. The topological polar surface area (TPSA) is 160 Å². The smallest absolute Gasteiger partial charge is 0.309 e. The number of ketones is 1. The molecule has 0 aromatic carbocycles. The Morgan fingerprint density at radius 1 is 1.24 bits per heavy atom. The minimum atomic E-state index is -3.97. The van der Waals surface area contributed by atoms with Crippen LogP contribution in [0.1, 0.15) is 77.4 Å². The van der Waals surface area contributed by atoms with Crippen molar-refractivity contribution in [3.05, 3.63) is 21.7 Å². The number of cyclic esters (lactones) is 1. The fourth-order valence-corrected chi connectivity index (χ4v) is 7.17. The highest BCUT2D eigenvalue weighted by Gasteiger charge is 2.54. The highest BCUT2D eigenvalue weighted by atomic mass is 32.2. The Morgan fingerprint density at radius 2 is 1.89 bits per heavy atom. The third-order valence-corrected chi connectivity index (χ3v) is 9.97. The first-order chi connectivity index (χ1) is 17.5. The predicted molar refractivity (Wildman–Crippen MR) is 145 cm³/mol. The zero-order valence-electron chi connectivity index (χ0n) is 23.0. The van der Waals surface area contributed by atoms with Gasteiger partial charge in [-0.1, -0.05) is 34.1 Å². The molecule has 3 unspecified atom stereocenters. The van der Waals surface area contributed by atoms with Crippen molar-refractivity contribution in [2.75, 3.05) is 0 Å².